The molecule has 1 aliphatic rings. The number of sulfonamides is 1. The van der Waals surface area contributed by atoms with Crippen LogP contribution in [0.4, 0.5) is 0 Å². The Morgan fingerprint density at radius 3 is 2.47 bits per heavy atom. The second kappa shape index (κ2) is 6.97. The summed E-state index contributed by atoms with van der Waals surface area (Å²) in [6.07, 6.45) is 6.71. The molecule has 1 saturated carbocycles. The molecule has 0 atom stereocenters. The van der Waals surface area contributed by atoms with Gasteiger partial charge in [0, 0.05) is 6.04 Å². The van der Waals surface area contributed by atoms with E-state index in [1.165, 1.54) is 10.7 Å². The molecule has 0 amide bonds. The molecule has 98 valence electrons. The summed E-state index contributed by atoms with van der Waals surface area (Å²) in [4.78, 5) is 0. The molecule has 0 aromatic heterocycles. The lowest BCUT2D eigenvalue weighted by Gasteiger charge is -2.31. The van der Waals surface area contributed by atoms with Gasteiger partial charge in [-0.3, -0.25) is 0 Å². The third-order valence-electron chi connectivity index (χ3n) is 3.32. The zero-order chi connectivity index (χ0) is 12.7. The second-order valence-corrected chi connectivity index (χ2v) is 6.71. The van der Waals surface area contributed by atoms with E-state index in [9.17, 15) is 8.42 Å². The molecule has 0 spiro atoms. The van der Waals surface area contributed by atoms with Gasteiger partial charge in [0.25, 0.3) is 0 Å². The molecule has 0 unspecified atom stereocenters. The largest absolute Gasteiger partial charge is 0.215 e. The molecule has 0 saturated heterocycles. The van der Waals surface area contributed by atoms with Crippen LogP contribution in [0.25, 0.3) is 0 Å². The molecule has 0 aliphatic heterocycles. The molecule has 0 bridgehead atoms. The lowest BCUT2D eigenvalue weighted by Crippen LogP contribution is -2.42. The van der Waals surface area contributed by atoms with Crippen molar-refractivity contribution >= 4 is 10.0 Å². The van der Waals surface area contributed by atoms with Crippen LogP contribution < -0.4 is 0 Å². The molecule has 1 aliphatic carbocycles. The quantitative estimate of drug-likeness (QED) is 0.687. The average Bonchev–Trinajstić information content (AvgIpc) is 2.34. The van der Waals surface area contributed by atoms with E-state index >= 15 is 0 Å². The van der Waals surface area contributed by atoms with Crippen molar-refractivity contribution in [2.45, 2.75) is 57.9 Å². The van der Waals surface area contributed by atoms with Gasteiger partial charge >= 0.3 is 0 Å². The van der Waals surface area contributed by atoms with Crippen molar-refractivity contribution in [3.05, 3.63) is 0 Å². The number of hydrogen-bond acceptors (Lipinski definition) is 3. The van der Waals surface area contributed by atoms with Crippen LogP contribution in [0.2, 0.25) is 0 Å². The highest BCUT2D eigenvalue weighted by atomic mass is 32.2. The van der Waals surface area contributed by atoms with Gasteiger partial charge in [-0.2, -0.15) is 9.57 Å². The van der Waals surface area contributed by atoms with Crippen LogP contribution in [-0.2, 0) is 10.0 Å². The predicted octanol–water partition coefficient (Wildman–Crippen LogP) is 2.27. The molecular weight excluding hydrogens is 236 g/mol. The summed E-state index contributed by atoms with van der Waals surface area (Å²) in [6, 6.07) is 2.05. The minimum atomic E-state index is -3.24. The predicted molar refractivity (Wildman–Crippen MR) is 67.9 cm³/mol. The number of nitriles is 1. The van der Waals surface area contributed by atoms with E-state index < -0.39 is 10.0 Å². The summed E-state index contributed by atoms with van der Waals surface area (Å²) in [5, 5.41) is 8.80. The molecule has 0 heterocycles. The molecule has 4 nitrogen and oxygen atoms in total. The fraction of sp³-hybridized carbons (Fsp3) is 0.917. The molecule has 0 radical (unpaired) electrons. The Labute approximate surface area is 105 Å². The van der Waals surface area contributed by atoms with Gasteiger partial charge in [0.1, 0.15) is 6.54 Å². The first kappa shape index (κ1) is 14.5. The van der Waals surface area contributed by atoms with Crippen LogP contribution in [0, 0.1) is 11.3 Å². The van der Waals surface area contributed by atoms with Crippen molar-refractivity contribution in [1.82, 2.24) is 4.31 Å². The van der Waals surface area contributed by atoms with Crippen molar-refractivity contribution in [3.8, 4) is 6.07 Å². The van der Waals surface area contributed by atoms with Gasteiger partial charge in [0.2, 0.25) is 10.0 Å². The molecule has 0 N–H and O–H groups in total. The van der Waals surface area contributed by atoms with Gasteiger partial charge in [-0.25, -0.2) is 8.42 Å². The number of nitrogens with zero attached hydrogens (tertiary/aromatic N) is 2. The zero-order valence-corrected chi connectivity index (χ0v) is 11.4. The van der Waals surface area contributed by atoms with E-state index in [4.69, 9.17) is 5.26 Å². The van der Waals surface area contributed by atoms with Gasteiger partial charge < -0.3 is 0 Å². The van der Waals surface area contributed by atoms with E-state index in [-0.39, 0.29) is 18.3 Å². The van der Waals surface area contributed by atoms with Crippen LogP contribution in [0.15, 0.2) is 0 Å². The van der Waals surface area contributed by atoms with Crippen LogP contribution in [-0.4, -0.2) is 31.1 Å². The van der Waals surface area contributed by atoms with E-state index in [0.29, 0.717) is 6.42 Å². The van der Waals surface area contributed by atoms with Gasteiger partial charge in [-0.05, 0) is 19.3 Å². The van der Waals surface area contributed by atoms with Crippen LogP contribution >= 0.6 is 0 Å². The summed E-state index contributed by atoms with van der Waals surface area (Å²) >= 11 is 0. The van der Waals surface area contributed by atoms with Gasteiger partial charge in [-0.15, -0.1) is 0 Å². The van der Waals surface area contributed by atoms with Gasteiger partial charge in [-0.1, -0.05) is 32.6 Å². The average molecular weight is 258 g/mol. The van der Waals surface area contributed by atoms with Crippen molar-refractivity contribution < 1.29 is 8.42 Å². The van der Waals surface area contributed by atoms with Crippen molar-refractivity contribution in [2.75, 3.05) is 12.3 Å². The van der Waals surface area contributed by atoms with Crippen molar-refractivity contribution in [2.24, 2.45) is 0 Å². The summed E-state index contributed by atoms with van der Waals surface area (Å²) in [6.45, 7) is 1.99. The SMILES string of the molecule is CCCCS(=O)(=O)N(CC#N)C1CCCCC1. The molecule has 0 aromatic rings. The third kappa shape index (κ3) is 4.29. The van der Waals surface area contributed by atoms with Crippen LogP contribution in [0.5, 0.6) is 0 Å². The first-order valence-corrected chi connectivity index (χ1v) is 8.09. The minimum Gasteiger partial charge on any atom is -0.212 e. The molecule has 1 fully saturated rings. The Bertz CT molecular complexity index is 353. The minimum absolute atomic E-state index is 0.0106. The first-order valence-electron chi connectivity index (χ1n) is 6.48. The summed E-state index contributed by atoms with van der Waals surface area (Å²) in [5.41, 5.74) is 0. The van der Waals surface area contributed by atoms with Crippen molar-refractivity contribution in [1.29, 1.82) is 5.26 Å². The van der Waals surface area contributed by atoms with Gasteiger partial charge in [0.15, 0.2) is 0 Å². The fourth-order valence-corrected chi connectivity index (χ4v) is 4.14. The Morgan fingerprint density at radius 2 is 1.94 bits per heavy atom. The number of hydrogen-bond donors (Lipinski definition) is 0. The number of unbranched alkanes of at least 4 members (excludes halogenated alkanes) is 1. The maximum Gasteiger partial charge on any atom is 0.215 e. The lowest BCUT2D eigenvalue weighted by atomic mass is 9.95. The zero-order valence-electron chi connectivity index (χ0n) is 10.6. The lowest BCUT2D eigenvalue weighted by molar-refractivity contribution is 0.270. The summed E-state index contributed by atoms with van der Waals surface area (Å²) < 4.78 is 25.8. The second-order valence-electron chi connectivity index (χ2n) is 4.66. The Hall–Kier alpha value is -0.600. The fourth-order valence-electron chi connectivity index (χ4n) is 2.34. The Balaban J connectivity index is 2.73. The molecule has 0 aromatic carbocycles. The van der Waals surface area contributed by atoms with Crippen LogP contribution in [0.3, 0.4) is 0 Å². The molecular formula is C12H22N2O2S. The highest BCUT2D eigenvalue weighted by molar-refractivity contribution is 7.89. The Kier molecular flexibility index (Phi) is 5.93. The topological polar surface area (TPSA) is 61.2 Å². The standard InChI is InChI=1S/C12H22N2O2S/c1-2-3-11-17(15,16)14(10-9-13)12-7-5-4-6-8-12/h12H,2-8,10-11H2,1H3. The summed E-state index contributed by atoms with van der Waals surface area (Å²) in [7, 11) is -3.24. The van der Waals surface area contributed by atoms with E-state index in [1.807, 2.05) is 13.0 Å². The normalized spacial score (nSPS) is 18.2. The smallest absolute Gasteiger partial charge is 0.212 e. The third-order valence-corrected chi connectivity index (χ3v) is 5.27. The first-order chi connectivity index (χ1) is 8.11. The molecule has 17 heavy (non-hydrogen) atoms. The maximum absolute atomic E-state index is 12.2. The molecule has 5 heteroatoms. The van der Waals surface area contributed by atoms with Crippen molar-refractivity contribution in [3.63, 3.8) is 0 Å². The maximum atomic E-state index is 12.2. The highest BCUT2D eigenvalue weighted by Gasteiger charge is 2.30. The van der Waals surface area contributed by atoms with Gasteiger partial charge in [0.05, 0.1) is 11.8 Å². The monoisotopic (exact) mass is 258 g/mol. The Morgan fingerprint density at radius 1 is 1.29 bits per heavy atom. The van der Waals surface area contributed by atoms with E-state index in [1.54, 1.807) is 0 Å². The van der Waals surface area contributed by atoms with E-state index in [2.05, 4.69) is 0 Å². The number of rotatable bonds is 6. The summed E-state index contributed by atoms with van der Waals surface area (Å²) in [5.74, 6) is 0.182. The molecule has 1 rings (SSSR count). The highest BCUT2D eigenvalue weighted by Crippen LogP contribution is 2.24. The van der Waals surface area contributed by atoms with E-state index in [0.717, 1.165) is 32.1 Å². The van der Waals surface area contributed by atoms with Crippen LogP contribution in [0.1, 0.15) is 51.9 Å².